The van der Waals surface area contributed by atoms with E-state index in [0.717, 1.165) is 31.5 Å². The molecule has 1 N–H and O–H groups in total. The zero-order valence-corrected chi connectivity index (χ0v) is 19.5. The van der Waals surface area contributed by atoms with Gasteiger partial charge in [0.1, 0.15) is 21.6 Å². The smallest absolute Gasteiger partial charge is 0.254 e. The predicted molar refractivity (Wildman–Crippen MR) is 123 cm³/mol. The molecule has 1 aliphatic carbocycles. The van der Waals surface area contributed by atoms with E-state index in [4.69, 9.17) is 16.3 Å². The molecule has 1 aromatic carbocycles. The molecule has 1 saturated heterocycles. The van der Waals surface area contributed by atoms with Crippen LogP contribution in [0.15, 0.2) is 41.3 Å². The molecule has 2 aliphatic rings. The fourth-order valence-electron chi connectivity index (χ4n) is 4.24. The Kier molecular flexibility index (Phi) is 6.88. The molecule has 0 spiro atoms. The van der Waals surface area contributed by atoms with Gasteiger partial charge >= 0.3 is 0 Å². The van der Waals surface area contributed by atoms with Gasteiger partial charge in [0.15, 0.2) is 0 Å². The van der Waals surface area contributed by atoms with E-state index in [-0.39, 0.29) is 22.6 Å². The molecule has 2 heterocycles. The molecule has 0 radical (unpaired) electrons. The van der Waals surface area contributed by atoms with E-state index in [9.17, 15) is 13.2 Å². The van der Waals surface area contributed by atoms with Gasteiger partial charge in [-0.05, 0) is 43.2 Å². The predicted octanol–water partition coefficient (Wildman–Crippen LogP) is 2.93. The summed E-state index contributed by atoms with van der Waals surface area (Å²) in [6.07, 6.45) is 3.68. The first-order valence-corrected chi connectivity index (χ1v) is 12.6. The van der Waals surface area contributed by atoms with E-state index >= 15 is 0 Å². The lowest BCUT2D eigenvalue weighted by molar-refractivity contribution is 0.0746. The summed E-state index contributed by atoms with van der Waals surface area (Å²) in [7, 11) is -2.37. The van der Waals surface area contributed by atoms with E-state index in [0.29, 0.717) is 36.9 Å². The summed E-state index contributed by atoms with van der Waals surface area (Å²) in [5.74, 6) is 0.799. The van der Waals surface area contributed by atoms with Gasteiger partial charge in [-0.15, -0.1) is 0 Å². The van der Waals surface area contributed by atoms with Gasteiger partial charge < -0.3 is 14.5 Å². The van der Waals surface area contributed by atoms with Crippen LogP contribution in [0.25, 0.3) is 0 Å². The number of benzene rings is 1. The minimum Gasteiger partial charge on any atom is -0.495 e. The molecule has 172 valence electrons. The third-order valence-electron chi connectivity index (χ3n) is 5.97. The zero-order valence-electron chi connectivity index (χ0n) is 18.0. The average molecular weight is 479 g/mol. The van der Waals surface area contributed by atoms with Gasteiger partial charge in [0.05, 0.1) is 7.11 Å². The van der Waals surface area contributed by atoms with Crippen molar-refractivity contribution in [2.24, 2.45) is 0 Å². The number of nitrogens with zero attached hydrogens (tertiary/aromatic N) is 3. The first kappa shape index (κ1) is 22.8. The molecule has 10 heteroatoms. The number of sulfonamides is 1. The second kappa shape index (κ2) is 9.64. The maximum Gasteiger partial charge on any atom is 0.254 e. The Bertz CT molecular complexity index is 1080. The van der Waals surface area contributed by atoms with Crippen molar-refractivity contribution in [1.82, 2.24) is 14.6 Å². The van der Waals surface area contributed by atoms with Crippen molar-refractivity contribution in [2.75, 3.05) is 38.2 Å². The number of methoxy groups -OCH3 is 1. The fourth-order valence-corrected chi connectivity index (χ4v) is 5.90. The van der Waals surface area contributed by atoms with Crippen LogP contribution in [0.2, 0.25) is 5.15 Å². The first-order chi connectivity index (χ1) is 15.4. The maximum atomic E-state index is 13.1. The quantitative estimate of drug-likeness (QED) is 0.642. The SMILES string of the molecule is COc1ccc(C(=O)N2CCN(c3cccc(Cl)n3)CC2)cc1S(=O)(=O)NC1CCCC1. The molecule has 2 fully saturated rings. The molecule has 0 atom stereocenters. The van der Waals surface area contributed by atoms with Crippen molar-refractivity contribution in [3.05, 3.63) is 47.1 Å². The van der Waals surface area contributed by atoms with Crippen molar-refractivity contribution in [2.45, 2.75) is 36.6 Å². The molecule has 1 aliphatic heterocycles. The Morgan fingerprint density at radius 1 is 1.12 bits per heavy atom. The number of halogens is 1. The van der Waals surface area contributed by atoms with Crippen LogP contribution in [0.3, 0.4) is 0 Å². The van der Waals surface area contributed by atoms with E-state index in [1.165, 1.54) is 13.2 Å². The van der Waals surface area contributed by atoms with Crippen LogP contribution in [0.1, 0.15) is 36.0 Å². The molecule has 8 nitrogen and oxygen atoms in total. The number of hydrogen-bond acceptors (Lipinski definition) is 6. The van der Waals surface area contributed by atoms with Crippen LogP contribution < -0.4 is 14.4 Å². The van der Waals surface area contributed by atoms with Gasteiger partial charge in [-0.25, -0.2) is 18.1 Å². The van der Waals surface area contributed by atoms with E-state index in [1.54, 1.807) is 23.1 Å². The molecule has 2 aromatic rings. The minimum atomic E-state index is -3.80. The summed E-state index contributed by atoms with van der Waals surface area (Å²) in [5.41, 5.74) is 0.326. The van der Waals surface area contributed by atoms with Crippen LogP contribution in [0, 0.1) is 0 Å². The molecule has 1 amide bonds. The normalized spacial score (nSPS) is 17.6. The Balaban J connectivity index is 1.49. The highest BCUT2D eigenvalue weighted by Crippen LogP contribution is 2.28. The second-order valence-electron chi connectivity index (χ2n) is 8.07. The molecule has 32 heavy (non-hydrogen) atoms. The number of aromatic nitrogens is 1. The molecule has 4 rings (SSSR count). The summed E-state index contributed by atoms with van der Waals surface area (Å²) < 4.78 is 34.1. The van der Waals surface area contributed by atoms with Crippen LogP contribution in [-0.2, 0) is 10.0 Å². The topological polar surface area (TPSA) is 91.8 Å². The van der Waals surface area contributed by atoms with Gasteiger partial charge in [0.25, 0.3) is 5.91 Å². The van der Waals surface area contributed by atoms with E-state index in [2.05, 4.69) is 14.6 Å². The van der Waals surface area contributed by atoms with Gasteiger partial charge in [-0.3, -0.25) is 4.79 Å². The van der Waals surface area contributed by atoms with Crippen molar-refractivity contribution in [1.29, 1.82) is 0 Å². The first-order valence-electron chi connectivity index (χ1n) is 10.7. The zero-order chi connectivity index (χ0) is 22.7. The number of nitrogens with one attached hydrogen (secondary N) is 1. The van der Waals surface area contributed by atoms with Gasteiger partial charge in [-0.1, -0.05) is 30.5 Å². The number of piperazine rings is 1. The highest BCUT2D eigenvalue weighted by atomic mass is 35.5. The van der Waals surface area contributed by atoms with Gasteiger partial charge in [0.2, 0.25) is 10.0 Å². The van der Waals surface area contributed by atoms with Crippen molar-refractivity contribution in [3.8, 4) is 5.75 Å². The van der Waals surface area contributed by atoms with Crippen molar-refractivity contribution < 1.29 is 17.9 Å². The van der Waals surface area contributed by atoms with Crippen LogP contribution in [-0.4, -0.2) is 63.5 Å². The van der Waals surface area contributed by atoms with Crippen LogP contribution >= 0.6 is 11.6 Å². The van der Waals surface area contributed by atoms with Gasteiger partial charge in [-0.2, -0.15) is 0 Å². The van der Waals surface area contributed by atoms with Crippen molar-refractivity contribution >= 4 is 33.3 Å². The molecule has 0 unspecified atom stereocenters. The highest BCUT2D eigenvalue weighted by molar-refractivity contribution is 7.89. The standard InChI is InChI=1S/C22H27ClN4O4S/c1-31-18-10-9-16(15-19(18)32(29,30)25-17-5-2-3-6-17)22(28)27-13-11-26(12-14-27)21-8-4-7-20(23)24-21/h4,7-10,15,17,25H,2-3,5-6,11-14H2,1H3. The average Bonchev–Trinajstić information content (AvgIpc) is 3.30. The van der Waals surface area contributed by atoms with E-state index in [1.807, 2.05) is 12.1 Å². The number of anilines is 1. The lowest BCUT2D eigenvalue weighted by atomic mass is 10.1. The fraction of sp³-hybridized carbons (Fsp3) is 0.455. The number of rotatable bonds is 6. The minimum absolute atomic E-state index is 0.000451. The lowest BCUT2D eigenvalue weighted by Gasteiger charge is -2.35. The third-order valence-corrected chi connectivity index (χ3v) is 7.72. The summed E-state index contributed by atoms with van der Waals surface area (Å²) in [4.78, 5) is 21.3. The largest absolute Gasteiger partial charge is 0.495 e. The summed E-state index contributed by atoms with van der Waals surface area (Å²) in [6, 6.07) is 9.97. The van der Waals surface area contributed by atoms with E-state index < -0.39 is 10.0 Å². The van der Waals surface area contributed by atoms with Gasteiger partial charge in [0, 0.05) is 37.8 Å². The number of carbonyl (C=O) groups is 1. The number of carbonyl (C=O) groups excluding carboxylic acids is 1. The molecule has 1 aromatic heterocycles. The van der Waals surface area contributed by atoms with Crippen LogP contribution in [0.4, 0.5) is 5.82 Å². The molecular formula is C22H27ClN4O4S. The Labute approximate surface area is 193 Å². The summed E-state index contributed by atoms with van der Waals surface area (Å²) in [6.45, 7) is 2.23. The summed E-state index contributed by atoms with van der Waals surface area (Å²) in [5, 5.41) is 0.430. The Morgan fingerprint density at radius 3 is 2.50 bits per heavy atom. The number of hydrogen-bond donors (Lipinski definition) is 1. The second-order valence-corrected chi connectivity index (χ2v) is 10.1. The molecular weight excluding hydrogens is 452 g/mol. The van der Waals surface area contributed by atoms with Crippen molar-refractivity contribution in [3.63, 3.8) is 0 Å². The lowest BCUT2D eigenvalue weighted by Crippen LogP contribution is -2.49. The maximum absolute atomic E-state index is 13.1. The summed E-state index contributed by atoms with van der Waals surface area (Å²) >= 11 is 5.99. The van der Waals surface area contributed by atoms with Crippen LogP contribution in [0.5, 0.6) is 5.75 Å². The number of ether oxygens (including phenoxy) is 1. The Hall–Kier alpha value is -2.36. The third kappa shape index (κ3) is 5.00. The number of amides is 1. The number of pyridine rings is 1. The Morgan fingerprint density at radius 2 is 1.84 bits per heavy atom. The molecule has 0 bridgehead atoms. The molecule has 1 saturated carbocycles. The highest BCUT2D eigenvalue weighted by Gasteiger charge is 2.28. The monoisotopic (exact) mass is 478 g/mol.